The lowest BCUT2D eigenvalue weighted by atomic mass is 10.2. The van der Waals surface area contributed by atoms with Crippen molar-refractivity contribution in [2.24, 2.45) is 0 Å². The van der Waals surface area contributed by atoms with Crippen LogP contribution >= 0.6 is 23.5 Å². The number of nitrogens with zero attached hydrogens (tertiary/aromatic N) is 1. The van der Waals surface area contributed by atoms with Crippen molar-refractivity contribution < 1.29 is 9.72 Å². The van der Waals surface area contributed by atoms with Crippen LogP contribution in [0, 0.1) is 37.8 Å². The first-order chi connectivity index (χ1) is 14.7. The molecule has 7 heteroatoms. The highest BCUT2D eigenvalue weighted by Gasteiger charge is 2.17. The van der Waals surface area contributed by atoms with E-state index in [-0.39, 0.29) is 23.0 Å². The number of benzene rings is 3. The van der Waals surface area contributed by atoms with Crippen molar-refractivity contribution in [2.45, 2.75) is 42.4 Å². The van der Waals surface area contributed by atoms with Gasteiger partial charge in [-0.15, -0.1) is 11.8 Å². The standard InChI is InChI=1S/C24H24N2O3S2/c1-15-5-7-17(3)22(11-15)30-14-24(27)25-20-13-19(9-10-21(20)26(28)29)31-23-12-16(2)6-8-18(23)4/h5-13H,14H2,1-4H3,(H,25,27). The van der Waals surface area contributed by atoms with Gasteiger partial charge in [0.2, 0.25) is 5.91 Å². The Kier molecular flexibility index (Phi) is 7.41. The van der Waals surface area contributed by atoms with Crippen LogP contribution in [0.3, 0.4) is 0 Å². The Labute approximate surface area is 190 Å². The molecule has 0 atom stereocenters. The lowest BCUT2D eigenvalue weighted by Gasteiger charge is -2.11. The van der Waals surface area contributed by atoms with Crippen molar-refractivity contribution in [3.8, 4) is 0 Å². The quantitative estimate of drug-likeness (QED) is 0.245. The fourth-order valence-electron chi connectivity index (χ4n) is 2.97. The minimum absolute atomic E-state index is 0.115. The molecule has 0 heterocycles. The van der Waals surface area contributed by atoms with Crippen molar-refractivity contribution in [3.63, 3.8) is 0 Å². The lowest BCUT2D eigenvalue weighted by Crippen LogP contribution is -2.15. The van der Waals surface area contributed by atoms with Crippen LogP contribution in [0.4, 0.5) is 11.4 Å². The molecule has 0 saturated carbocycles. The Bertz CT molecular complexity index is 1150. The van der Waals surface area contributed by atoms with Crippen LogP contribution in [-0.4, -0.2) is 16.6 Å². The molecule has 31 heavy (non-hydrogen) atoms. The predicted octanol–water partition coefficient (Wildman–Crippen LogP) is 6.71. The second-order valence-corrected chi connectivity index (χ2v) is 9.55. The predicted molar refractivity (Wildman–Crippen MR) is 128 cm³/mol. The van der Waals surface area contributed by atoms with E-state index in [9.17, 15) is 14.9 Å². The number of carbonyl (C=O) groups excluding carboxylic acids is 1. The van der Waals surface area contributed by atoms with Crippen LogP contribution in [-0.2, 0) is 4.79 Å². The van der Waals surface area contributed by atoms with E-state index in [1.807, 2.05) is 45.9 Å². The van der Waals surface area contributed by atoms with E-state index in [2.05, 4.69) is 23.5 Å². The van der Waals surface area contributed by atoms with E-state index in [0.717, 1.165) is 36.9 Å². The van der Waals surface area contributed by atoms with Crippen LogP contribution in [0.5, 0.6) is 0 Å². The summed E-state index contributed by atoms with van der Waals surface area (Å²) in [7, 11) is 0. The van der Waals surface area contributed by atoms with Gasteiger partial charge in [0.15, 0.2) is 0 Å². The smallest absolute Gasteiger partial charge is 0.292 e. The Balaban J connectivity index is 1.77. The van der Waals surface area contributed by atoms with E-state index in [1.165, 1.54) is 29.6 Å². The van der Waals surface area contributed by atoms with Crippen molar-refractivity contribution in [1.82, 2.24) is 0 Å². The molecule has 0 saturated heterocycles. The molecule has 1 amide bonds. The number of aryl methyl sites for hydroxylation is 4. The number of nitro groups is 1. The first-order valence-electron chi connectivity index (χ1n) is 9.76. The van der Waals surface area contributed by atoms with E-state index in [4.69, 9.17) is 0 Å². The van der Waals surface area contributed by atoms with Crippen LogP contribution < -0.4 is 5.32 Å². The molecule has 0 aliphatic rings. The summed E-state index contributed by atoms with van der Waals surface area (Å²) in [5, 5.41) is 14.2. The minimum atomic E-state index is -0.472. The number of rotatable bonds is 7. The van der Waals surface area contributed by atoms with Gasteiger partial charge in [-0.05, 0) is 68.7 Å². The zero-order valence-corrected chi connectivity index (χ0v) is 19.5. The second kappa shape index (κ2) is 10.0. The van der Waals surface area contributed by atoms with Crippen LogP contribution in [0.25, 0.3) is 0 Å². The van der Waals surface area contributed by atoms with E-state index in [1.54, 1.807) is 12.1 Å². The summed E-state index contributed by atoms with van der Waals surface area (Å²) < 4.78 is 0. The summed E-state index contributed by atoms with van der Waals surface area (Å²) in [6.07, 6.45) is 0. The summed E-state index contributed by atoms with van der Waals surface area (Å²) in [5.41, 5.74) is 4.60. The number of amides is 1. The van der Waals surface area contributed by atoms with Gasteiger partial charge in [0, 0.05) is 20.8 Å². The molecule has 3 aromatic carbocycles. The maximum atomic E-state index is 12.6. The number of nitro benzene ring substituents is 1. The van der Waals surface area contributed by atoms with E-state index < -0.39 is 4.92 Å². The average molecular weight is 453 g/mol. The zero-order valence-electron chi connectivity index (χ0n) is 17.9. The van der Waals surface area contributed by atoms with Gasteiger partial charge in [0.1, 0.15) is 5.69 Å². The van der Waals surface area contributed by atoms with Gasteiger partial charge in [-0.1, -0.05) is 41.6 Å². The Hall–Kier alpha value is -2.77. The summed E-state index contributed by atoms with van der Waals surface area (Å²) in [5.74, 6) is -0.0987. The molecule has 0 bridgehead atoms. The lowest BCUT2D eigenvalue weighted by molar-refractivity contribution is -0.384. The SMILES string of the molecule is Cc1ccc(C)c(SCC(=O)Nc2cc(Sc3cc(C)ccc3C)ccc2[N+](=O)[O-])c1. The highest BCUT2D eigenvalue weighted by atomic mass is 32.2. The molecule has 0 spiro atoms. The third-order valence-electron chi connectivity index (χ3n) is 4.71. The van der Waals surface area contributed by atoms with E-state index in [0.29, 0.717) is 0 Å². The molecule has 3 rings (SSSR count). The Morgan fingerprint density at radius 3 is 2.16 bits per heavy atom. The summed E-state index contributed by atoms with van der Waals surface area (Å²) in [6.45, 7) is 8.06. The molecule has 3 aromatic rings. The largest absolute Gasteiger partial charge is 0.320 e. The zero-order chi connectivity index (χ0) is 22.5. The molecule has 160 valence electrons. The molecule has 0 unspecified atom stereocenters. The summed E-state index contributed by atoms with van der Waals surface area (Å²) in [4.78, 5) is 26.5. The molecular weight excluding hydrogens is 428 g/mol. The maximum Gasteiger partial charge on any atom is 0.292 e. The normalized spacial score (nSPS) is 10.7. The second-order valence-electron chi connectivity index (χ2n) is 7.41. The monoisotopic (exact) mass is 452 g/mol. The maximum absolute atomic E-state index is 12.6. The first-order valence-corrected chi connectivity index (χ1v) is 11.6. The van der Waals surface area contributed by atoms with Gasteiger partial charge in [-0.25, -0.2) is 0 Å². The van der Waals surface area contributed by atoms with Gasteiger partial charge < -0.3 is 5.32 Å². The third kappa shape index (κ3) is 6.12. The highest BCUT2D eigenvalue weighted by molar-refractivity contribution is 8.00. The molecule has 1 N–H and O–H groups in total. The molecule has 0 radical (unpaired) electrons. The number of hydrogen-bond acceptors (Lipinski definition) is 5. The van der Waals surface area contributed by atoms with Crippen LogP contribution in [0.1, 0.15) is 22.3 Å². The molecule has 0 fully saturated rings. The Morgan fingerprint density at radius 2 is 1.52 bits per heavy atom. The highest BCUT2D eigenvalue weighted by Crippen LogP contribution is 2.36. The van der Waals surface area contributed by atoms with Crippen molar-refractivity contribution in [1.29, 1.82) is 0 Å². The van der Waals surface area contributed by atoms with Crippen molar-refractivity contribution in [2.75, 3.05) is 11.1 Å². The van der Waals surface area contributed by atoms with Gasteiger partial charge in [-0.3, -0.25) is 14.9 Å². The minimum Gasteiger partial charge on any atom is -0.320 e. The fraction of sp³-hybridized carbons (Fsp3) is 0.208. The fourth-order valence-corrected chi connectivity index (χ4v) is 4.94. The number of thioether (sulfide) groups is 1. The number of carbonyl (C=O) groups is 1. The molecule has 0 aliphatic heterocycles. The number of nitrogens with one attached hydrogen (secondary N) is 1. The van der Waals surface area contributed by atoms with Crippen LogP contribution in [0.2, 0.25) is 0 Å². The molecule has 0 aliphatic carbocycles. The van der Waals surface area contributed by atoms with Gasteiger partial charge in [-0.2, -0.15) is 0 Å². The summed E-state index contributed by atoms with van der Waals surface area (Å²) >= 11 is 2.95. The third-order valence-corrected chi connectivity index (χ3v) is 7.02. The topological polar surface area (TPSA) is 72.2 Å². The van der Waals surface area contributed by atoms with E-state index >= 15 is 0 Å². The molecule has 0 aromatic heterocycles. The van der Waals surface area contributed by atoms with Crippen molar-refractivity contribution >= 4 is 40.8 Å². The van der Waals surface area contributed by atoms with Crippen LogP contribution in [0.15, 0.2) is 69.3 Å². The van der Waals surface area contributed by atoms with Gasteiger partial charge in [0.25, 0.3) is 5.69 Å². The first kappa shape index (κ1) is 22.9. The van der Waals surface area contributed by atoms with Gasteiger partial charge in [0.05, 0.1) is 10.7 Å². The van der Waals surface area contributed by atoms with Gasteiger partial charge >= 0.3 is 0 Å². The molecule has 5 nitrogen and oxygen atoms in total. The Morgan fingerprint density at radius 1 is 0.903 bits per heavy atom. The molecular formula is C24H24N2O3S2. The average Bonchev–Trinajstić information content (AvgIpc) is 2.71. The number of anilines is 1. The van der Waals surface area contributed by atoms with Crippen molar-refractivity contribution in [3.05, 3.63) is 87.0 Å². The summed E-state index contributed by atoms with van der Waals surface area (Å²) in [6, 6.07) is 17.1. The number of hydrogen-bond donors (Lipinski definition) is 1.